The molecule has 0 bridgehead atoms. The third-order valence-electron chi connectivity index (χ3n) is 4.70. The number of rotatable bonds is 5. The molecular weight excluding hydrogens is 352 g/mol. The molecule has 1 aromatic heterocycles. The van der Waals surface area contributed by atoms with Crippen LogP contribution in [0.3, 0.4) is 0 Å². The van der Waals surface area contributed by atoms with Crippen molar-refractivity contribution in [2.75, 3.05) is 6.54 Å². The second-order valence-corrected chi connectivity index (χ2v) is 7.56. The minimum atomic E-state index is -0.842. The standard InChI is InChI=1S/C19H22N2O4S/c1-12-17(19(23)24)7-4-8-21(12)18(22)14-5-3-6-16(9-14)25-10-15-11-26-13(2)20-15/h3,5-6,9,11-12,17H,4,7-8,10H2,1-2H3,(H,23,24)/t12-,17-/m1/s1. The maximum absolute atomic E-state index is 12.9. The summed E-state index contributed by atoms with van der Waals surface area (Å²) in [7, 11) is 0. The van der Waals surface area contributed by atoms with Crippen molar-refractivity contribution in [2.24, 2.45) is 5.92 Å². The van der Waals surface area contributed by atoms with Crippen molar-refractivity contribution < 1.29 is 19.4 Å². The van der Waals surface area contributed by atoms with Gasteiger partial charge < -0.3 is 14.7 Å². The van der Waals surface area contributed by atoms with Crippen LogP contribution in [0.15, 0.2) is 29.6 Å². The van der Waals surface area contributed by atoms with Crippen molar-refractivity contribution in [1.82, 2.24) is 9.88 Å². The molecule has 2 atom stereocenters. The average Bonchev–Trinajstić information content (AvgIpc) is 3.05. The van der Waals surface area contributed by atoms with E-state index in [1.54, 1.807) is 47.4 Å². The third-order valence-corrected chi connectivity index (χ3v) is 5.52. The summed E-state index contributed by atoms with van der Waals surface area (Å²) in [4.78, 5) is 30.3. The largest absolute Gasteiger partial charge is 0.487 e. The molecule has 0 radical (unpaired) electrons. The van der Waals surface area contributed by atoms with Gasteiger partial charge in [0, 0.05) is 23.5 Å². The van der Waals surface area contributed by atoms with Gasteiger partial charge in [-0.3, -0.25) is 9.59 Å². The predicted octanol–water partition coefficient (Wildman–Crippen LogP) is 3.36. The molecule has 1 amide bonds. The highest BCUT2D eigenvalue weighted by Gasteiger charge is 2.35. The molecule has 2 aromatic rings. The molecule has 3 rings (SSSR count). The molecule has 0 unspecified atom stereocenters. The van der Waals surface area contributed by atoms with Gasteiger partial charge >= 0.3 is 5.97 Å². The monoisotopic (exact) mass is 374 g/mol. The fourth-order valence-corrected chi connectivity index (χ4v) is 3.87. The van der Waals surface area contributed by atoms with Crippen molar-refractivity contribution in [3.05, 3.63) is 45.9 Å². The fraction of sp³-hybridized carbons (Fsp3) is 0.421. The van der Waals surface area contributed by atoms with Crippen LogP contribution in [0.25, 0.3) is 0 Å². The second kappa shape index (κ2) is 7.86. The Morgan fingerprint density at radius 3 is 2.92 bits per heavy atom. The van der Waals surface area contributed by atoms with Gasteiger partial charge in [0.1, 0.15) is 12.4 Å². The highest BCUT2D eigenvalue weighted by atomic mass is 32.1. The Bertz CT molecular complexity index is 804. The third kappa shape index (κ3) is 4.04. The molecule has 0 saturated carbocycles. The summed E-state index contributed by atoms with van der Waals surface area (Å²) in [6.07, 6.45) is 1.31. The second-order valence-electron chi connectivity index (χ2n) is 6.50. The maximum Gasteiger partial charge on any atom is 0.308 e. The lowest BCUT2D eigenvalue weighted by molar-refractivity contribution is -0.144. The van der Waals surface area contributed by atoms with Crippen LogP contribution in [0, 0.1) is 12.8 Å². The minimum absolute atomic E-state index is 0.154. The molecule has 1 saturated heterocycles. The molecular formula is C19H22N2O4S. The molecule has 1 N–H and O–H groups in total. The van der Waals surface area contributed by atoms with Crippen LogP contribution in [0.1, 0.15) is 40.8 Å². The normalized spacial score (nSPS) is 20.0. The average molecular weight is 374 g/mol. The summed E-state index contributed by atoms with van der Waals surface area (Å²) in [5.74, 6) is -0.912. The minimum Gasteiger partial charge on any atom is -0.487 e. The van der Waals surface area contributed by atoms with E-state index in [9.17, 15) is 14.7 Å². The topological polar surface area (TPSA) is 79.7 Å². The van der Waals surface area contributed by atoms with E-state index in [0.29, 0.717) is 37.3 Å². The molecule has 1 aliphatic rings. The maximum atomic E-state index is 12.9. The van der Waals surface area contributed by atoms with E-state index in [1.165, 1.54) is 0 Å². The molecule has 1 aliphatic heterocycles. The van der Waals surface area contributed by atoms with Crippen molar-refractivity contribution in [2.45, 2.75) is 39.3 Å². The van der Waals surface area contributed by atoms with Gasteiger partial charge in [0.25, 0.3) is 5.91 Å². The SMILES string of the molecule is Cc1nc(COc2cccc(C(=O)N3CCC[C@@H](C(=O)O)[C@H]3C)c2)cs1. The van der Waals surface area contributed by atoms with Crippen LogP contribution < -0.4 is 4.74 Å². The molecule has 7 heteroatoms. The number of likely N-dealkylation sites (tertiary alicyclic amines) is 1. The van der Waals surface area contributed by atoms with E-state index in [1.807, 2.05) is 12.3 Å². The number of carbonyl (C=O) groups is 2. The molecule has 26 heavy (non-hydrogen) atoms. The first-order valence-corrected chi connectivity index (χ1v) is 9.51. The van der Waals surface area contributed by atoms with E-state index >= 15 is 0 Å². The Hall–Kier alpha value is -2.41. The number of carbonyl (C=O) groups excluding carboxylic acids is 1. The van der Waals surface area contributed by atoms with Crippen molar-refractivity contribution >= 4 is 23.2 Å². The van der Waals surface area contributed by atoms with Gasteiger partial charge in [-0.25, -0.2) is 4.98 Å². The van der Waals surface area contributed by atoms with Crippen LogP contribution >= 0.6 is 11.3 Å². The number of aromatic nitrogens is 1. The Kier molecular flexibility index (Phi) is 5.56. The number of aliphatic carboxylic acids is 1. The molecule has 1 aromatic carbocycles. The molecule has 0 aliphatic carbocycles. The van der Waals surface area contributed by atoms with E-state index in [-0.39, 0.29) is 11.9 Å². The summed E-state index contributed by atoms with van der Waals surface area (Å²) in [6, 6.07) is 6.70. The number of carboxylic acids is 1. The van der Waals surface area contributed by atoms with Crippen LogP contribution in [0.2, 0.25) is 0 Å². The summed E-state index contributed by atoms with van der Waals surface area (Å²) in [6.45, 7) is 4.68. The first-order valence-electron chi connectivity index (χ1n) is 8.63. The number of piperidine rings is 1. The number of amides is 1. The quantitative estimate of drug-likeness (QED) is 0.868. The summed E-state index contributed by atoms with van der Waals surface area (Å²) >= 11 is 1.57. The van der Waals surface area contributed by atoms with Gasteiger partial charge in [0.2, 0.25) is 0 Å². The number of nitrogens with zero attached hydrogens (tertiary/aromatic N) is 2. The Morgan fingerprint density at radius 1 is 1.42 bits per heavy atom. The van der Waals surface area contributed by atoms with Crippen LogP contribution in [0.5, 0.6) is 5.75 Å². The molecule has 138 valence electrons. The van der Waals surface area contributed by atoms with Crippen molar-refractivity contribution in [3.63, 3.8) is 0 Å². The van der Waals surface area contributed by atoms with Gasteiger partial charge in [-0.05, 0) is 44.9 Å². The number of aryl methyl sites for hydroxylation is 1. The summed E-state index contributed by atoms with van der Waals surface area (Å²) in [5.41, 5.74) is 1.37. The number of ether oxygens (including phenoxy) is 1. The van der Waals surface area contributed by atoms with Crippen LogP contribution in [-0.4, -0.2) is 39.5 Å². The smallest absolute Gasteiger partial charge is 0.308 e. The van der Waals surface area contributed by atoms with Gasteiger partial charge in [0.15, 0.2) is 0 Å². The first kappa shape index (κ1) is 18.4. The lowest BCUT2D eigenvalue weighted by Gasteiger charge is -2.37. The number of carboxylic acid groups (broad SMARTS) is 1. The van der Waals surface area contributed by atoms with Gasteiger partial charge in [-0.2, -0.15) is 0 Å². The molecule has 6 nitrogen and oxygen atoms in total. The molecule has 1 fully saturated rings. The highest BCUT2D eigenvalue weighted by molar-refractivity contribution is 7.09. The van der Waals surface area contributed by atoms with Crippen molar-refractivity contribution in [3.8, 4) is 5.75 Å². The zero-order valence-corrected chi connectivity index (χ0v) is 15.7. The highest BCUT2D eigenvalue weighted by Crippen LogP contribution is 2.26. The Balaban J connectivity index is 1.70. The zero-order valence-electron chi connectivity index (χ0n) is 14.8. The molecule has 2 heterocycles. The fourth-order valence-electron chi connectivity index (χ4n) is 3.28. The van der Waals surface area contributed by atoms with Gasteiger partial charge in [-0.15, -0.1) is 11.3 Å². The van der Waals surface area contributed by atoms with Crippen molar-refractivity contribution in [1.29, 1.82) is 0 Å². The number of benzene rings is 1. The van der Waals surface area contributed by atoms with Crippen LogP contribution in [0.4, 0.5) is 0 Å². The number of hydrogen-bond donors (Lipinski definition) is 1. The Labute approximate surface area is 156 Å². The van der Waals surface area contributed by atoms with Crippen LogP contribution in [-0.2, 0) is 11.4 Å². The first-order chi connectivity index (χ1) is 12.5. The van der Waals surface area contributed by atoms with E-state index < -0.39 is 11.9 Å². The predicted molar refractivity (Wildman–Crippen MR) is 98.5 cm³/mol. The lowest BCUT2D eigenvalue weighted by atomic mass is 9.90. The van der Waals surface area contributed by atoms with E-state index in [0.717, 1.165) is 10.7 Å². The zero-order chi connectivity index (χ0) is 18.7. The summed E-state index contributed by atoms with van der Waals surface area (Å²) < 4.78 is 5.75. The number of hydrogen-bond acceptors (Lipinski definition) is 5. The number of thiazole rings is 1. The lowest BCUT2D eigenvalue weighted by Crippen LogP contribution is -2.49. The Morgan fingerprint density at radius 2 is 2.23 bits per heavy atom. The van der Waals surface area contributed by atoms with E-state index in [2.05, 4.69) is 4.98 Å². The summed E-state index contributed by atoms with van der Waals surface area (Å²) in [5, 5.41) is 12.3. The van der Waals surface area contributed by atoms with Gasteiger partial charge in [-0.1, -0.05) is 6.07 Å². The van der Waals surface area contributed by atoms with E-state index in [4.69, 9.17) is 4.74 Å². The molecule has 0 spiro atoms. The van der Waals surface area contributed by atoms with Gasteiger partial charge in [0.05, 0.1) is 16.6 Å².